The summed E-state index contributed by atoms with van der Waals surface area (Å²) in [5, 5.41) is 9.07. The van der Waals surface area contributed by atoms with Crippen molar-refractivity contribution < 1.29 is 5.11 Å². The van der Waals surface area contributed by atoms with Gasteiger partial charge >= 0.3 is 0 Å². The van der Waals surface area contributed by atoms with Gasteiger partial charge in [-0.2, -0.15) is 0 Å². The zero-order valence-electron chi connectivity index (χ0n) is 19.1. The fraction of sp³-hybridized carbons (Fsp3) is 0.960. The third-order valence-electron chi connectivity index (χ3n) is 6.22. The van der Waals surface area contributed by atoms with E-state index in [0.717, 1.165) is 19.5 Å². The molecule has 1 aliphatic heterocycles. The van der Waals surface area contributed by atoms with Crippen LogP contribution in [0.3, 0.4) is 0 Å². The first-order chi connectivity index (χ1) is 13.9. The van der Waals surface area contributed by atoms with Crippen molar-refractivity contribution in [3.8, 4) is 0 Å². The molecule has 1 N–H and O–H groups in total. The topological polar surface area (TPSA) is 35.8 Å². The molecule has 0 radical (unpaired) electrons. The minimum absolute atomic E-state index is 0.249. The van der Waals surface area contributed by atoms with Gasteiger partial charge in [0.05, 0.1) is 6.61 Å². The molecule has 0 saturated carbocycles. The van der Waals surface area contributed by atoms with Crippen LogP contribution < -0.4 is 0 Å². The second-order valence-corrected chi connectivity index (χ2v) is 8.83. The van der Waals surface area contributed by atoms with E-state index in [-0.39, 0.29) is 6.61 Å². The molecule has 3 nitrogen and oxygen atoms in total. The summed E-state index contributed by atoms with van der Waals surface area (Å²) < 4.78 is 0. The Labute approximate surface area is 176 Å². The number of aliphatic hydroxyl groups is 1. The molecular formula is C25H50N2O. The highest BCUT2D eigenvalue weighted by Gasteiger charge is 2.19. The maximum Gasteiger partial charge on any atom is 0.102 e. The molecule has 0 aromatic carbocycles. The Morgan fingerprint density at radius 1 is 0.714 bits per heavy atom. The number of aliphatic hydroxyl groups excluding tert-OH is 1. The van der Waals surface area contributed by atoms with Crippen LogP contribution in [-0.4, -0.2) is 42.1 Å². The van der Waals surface area contributed by atoms with Crippen LogP contribution in [0.15, 0.2) is 4.99 Å². The molecule has 0 bridgehead atoms. The number of hydrogen-bond acceptors (Lipinski definition) is 3. The van der Waals surface area contributed by atoms with Crippen LogP contribution in [0.4, 0.5) is 0 Å². The number of rotatable bonds is 21. The van der Waals surface area contributed by atoms with Gasteiger partial charge < -0.3 is 5.11 Å². The monoisotopic (exact) mass is 394 g/mol. The summed E-state index contributed by atoms with van der Waals surface area (Å²) in [5.41, 5.74) is 0. The minimum Gasteiger partial charge on any atom is -0.395 e. The molecule has 1 atom stereocenters. The van der Waals surface area contributed by atoms with Gasteiger partial charge in [0, 0.05) is 19.3 Å². The highest BCUT2D eigenvalue weighted by atomic mass is 16.3. The largest absolute Gasteiger partial charge is 0.395 e. The first-order valence-electron chi connectivity index (χ1n) is 12.7. The highest BCUT2D eigenvalue weighted by molar-refractivity contribution is 5.62. The molecule has 0 amide bonds. The molecule has 166 valence electrons. The average molecular weight is 395 g/mol. The maximum absolute atomic E-state index is 9.07. The van der Waals surface area contributed by atoms with Gasteiger partial charge in [0.25, 0.3) is 0 Å². The van der Waals surface area contributed by atoms with Crippen molar-refractivity contribution in [2.75, 3.05) is 19.7 Å². The lowest BCUT2D eigenvalue weighted by molar-refractivity contribution is 0.176. The zero-order valence-corrected chi connectivity index (χ0v) is 19.1. The first-order valence-corrected chi connectivity index (χ1v) is 12.7. The summed E-state index contributed by atoms with van der Waals surface area (Å²) in [5.74, 6) is 0. The van der Waals surface area contributed by atoms with Gasteiger partial charge in [0.2, 0.25) is 0 Å². The van der Waals surface area contributed by atoms with Gasteiger partial charge in [0.1, 0.15) is 6.17 Å². The normalized spacial score (nSPS) is 17.0. The van der Waals surface area contributed by atoms with Gasteiger partial charge in [-0.25, -0.2) is 0 Å². The van der Waals surface area contributed by atoms with E-state index in [9.17, 15) is 0 Å². The van der Waals surface area contributed by atoms with Crippen LogP contribution >= 0.6 is 0 Å². The molecule has 0 aliphatic carbocycles. The van der Waals surface area contributed by atoms with Gasteiger partial charge in [0.15, 0.2) is 0 Å². The SMILES string of the molecule is CCCCCCCCCCCCCCCCCCCCC1N=CCN1CCO. The van der Waals surface area contributed by atoms with Crippen LogP contribution in [0.5, 0.6) is 0 Å². The Morgan fingerprint density at radius 2 is 1.14 bits per heavy atom. The Morgan fingerprint density at radius 3 is 1.57 bits per heavy atom. The van der Waals surface area contributed by atoms with Gasteiger partial charge in [-0.3, -0.25) is 9.89 Å². The average Bonchev–Trinajstić information content (AvgIpc) is 3.14. The molecule has 1 rings (SSSR count). The van der Waals surface area contributed by atoms with Gasteiger partial charge in [-0.1, -0.05) is 116 Å². The molecule has 0 aromatic rings. The van der Waals surface area contributed by atoms with Gasteiger partial charge in [-0.15, -0.1) is 0 Å². The van der Waals surface area contributed by atoms with Crippen molar-refractivity contribution in [3.63, 3.8) is 0 Å². The van der Waals surface area contributed by atoms with Crippen molar-refractivity contribution in [3.05, 3.63) is 0 Å². The first kappa shape index (κ1) is 25.6. The Balaban J connectivity index is 1.72. The lowest BCUT2D eigenvalue weighted by Gasteiger charge is -2.21. The maximum atomic E-state index is 9.07. The molecule has 0 aromatic heterocycles. The molecule has 1 unspecified atom stereocenters. The van der Waals surface area contributed by atoms with E-state index >= 15 is 0 Å². The highest BCUT2D eigenvalue weighted by Crippen LogP contribution is 2.17. The number of nitrogens with zero attached hydrogens (tertiary/aromatic N) is 2. The van der Waals surface area contributed by atoms with E-state index in [1.165, 1.54) is 116 Å². The van der Waals surface area contributed by atoms with Gasteiger partial charge in [-0.05, 0) is 12.8 Å². The van der Waals surface area contributed by atoms with Crippen LogP contribution in [-0.2, 0) is 0 Å². The Bertz CT molecular complexity index is 345. The second-order valence-electron chi connectivity index (χ2n) is 8.83. The van der Waals surface area contributed by atoms with Crippen LogP contribution in [0.25, 0.3) is 0 Å². The van der Waals surface area contributed by atoms with Crippen LogP contribution in [0.1, 0.15) is 129 Å². The molecule has 1 heterocycles. The second kappa shape index (κ2) is 19.9. The van der Waals surface area contributed by atoms with Crippen LogP contribution in [0.2, 0.25) is 0 Å². The summed E-state index contributed by atoms with van der Waals surface area (Å²) in [4.78, 5) is 6.82. The number of aliphatic imine (C=N–C) groups is 1. The molecule has 0 spiro atoms. The summed E-state index contributed by atoms with van der Waals surface area (Å²) in [6.45, 7) is 4.23. The van der Waals surface area contributed by atoms with Crippen LogP contribution in [0, 0.1) is 0 Å². The molecule has 3 heteroatoms. The van der Waals surface area contributed by atoms with E-state index in [4.69, 9.17) is 5.11 Å². The quantitative estimate of drug-likeness (QED) is 0.210. The Hall–Kier alpha value is -0.410. The molecule has 0 fully saturated rings. The standard InChI is InChI=1S/C25H50N2O/c1-2-3-4-5-6-7-8-9-10-11-12-13-14-15-16-17-18-19-20-25-26-21-22-27(25)23-24-28/h21,25,28H,2-20,22-24H2,1H3. The number of unbranched alkanes of at least 4 members (excludes halogenated alkanes) is 17. The molecule has 28 heavy (non-hydrogen) atoms. The van der Waals surface area contributed by atoms with E-state index in [1.807, 2.05) is 6.21 Å². The fourth-order valence-corrected chi connectivity index (χ4v) is 4.34. The summed E-state index contributed by atoms with van der Waals surface area (Å²) in [7, 11) is 0. The fourth-order valence-electron chi connectivity index (χ4n) is 4.34. The minimum atomic E-state index is 0.249. The summed E-state index contributed by atoms with van der Waals surface area (Å²) in [6, 6.07) is 0. The smallest absolute Gasteiger partial charge is 0.102 e. The van der Waals surface area contributed by atoms with E-state index < -0.39 is 0 Å². The van der Waals surface area contributed by atoms with E-state index in [0.29, 0.717) is 6.17 Å². The van der Waals surface area contributed by atoms with Crippen molar-refractivity contribution >= 4 is 6.21 Å². The zero-order chi connectivity index (χ0) is 20.1. The van der Waals surface area contributed by atoms with E-state index in [2.05, 4.69) is 16.8 Å². The van der Waals surface area contributed by atoms with E-state index in [1.54, 1.807) is 0 Å². The summed E-state index contributed by atoms with van der Waals surface area (Å²) in [6.07, 6.45) is 29.2. The van der Waals surface area contributed by atoms with Crippen molar-refractivity contribution in [2.24, 2.45) is 4.99 Å². The lowest BCUT2D eigenvalue weighted by atomic mass is 10.0. The molecule has 0 saturated heterocycles. The predicted octanol–water partition coefficient (Wildman–Crippen LogP) is 7.12. The molecule has 1 aliphatic rings. The predicted molar refractivity (Wildman–Crippen MR) is 124 cm³/mol. The summed E-state index contributed by atoms with van der Waals surface area (Å²) >= 11 is 0. The number of β-amino-alcohol motifs (C(OH)–C–C–N with tert-alkyl or cyclic N) is 1. The van der Waals surface area contributed by atoms with Crippen molar-refractivity contribution in [1.82, 2.24) is 4.90 Å². The van der Waals surface area contributed by atoms with Crippen molar-refractivity contribution in [2.45, 2.75) is 135 Å². The molecular weight excluding hydrogens is 344 g/mol. The third kappa shape index (κ3) is 14.6. The third-order valence-corrected chi connectivity index (χ3v) is 6.22. The van der Waals surface area contributed by atoms with Crippen molar-refractivity contribution in [1.29, 1.82) is 0 Å². The number of hydrogen-bond donors (Lipinski definition) is 1. The lowest BCUT2D eigenvalue weighted by Crippen LogP contribution is -2.32. The Kier molecular flexibility index (Phi) is 18.2.